The van der Waals surface area contributed by atoms with Crippen LogP contribution in [0.3, 0.4) is 0 Å². The van der Waals surface area contributed by atoms with Crippen LogP contribution in [-0.4, -0.2) is 6.71 Å². The normalized spacial score (nSPS) is 13.6. The van der Waals surface area contributed by atoms with Gasteiger partial charge >= 0.3 is 0 Å². The van der Waals surface area contributed by atoms with E-state index in [9.17, 15) is 0 Å². The van der Waals surface area contributed by atoms with Crippen molar-refractivity contribution < 1.29 is 8.83 Å². The van der Waals surface area contributed by atoms with Gasteiger partial charge in [-0.2, -0.15) is 0 Å². The zero-order valence-corrected chi connectivity index (χ0v) is 38.8. The number of anilines is 6. The molecule has 0 saturated heterocycles. The summed E-state index contributed by atoms with van der Waals surface area (Å²) in [6.07, 6.45) is 0. The molecule has 6 heterocycles. The van der Waals surface area contributed by atoms with Crippen LogP contribution in [0.2, 0.25) is 0 Å². The fourth-order valence-corrected chi connectivity index (χ4v) is 12.8. The molecule has 0 spiro atoms. The van der Waals surface area contributed by atoms with Gasteiger partial charge in [-0.05, 0) is 137 Å². The zero-order chi connectivity index (χ0) is 43.9. The summed E-state index contributed by atoms with van der Waals surface area (Å²) in [5, 5.41) is 4.82. The number of hydrogen-bond donors (Lipinski definition) is 0. The Bertz CT molecular complexity index is 3400. The molecule has 314 valence electrons. The van der Waals surface area contributed by atoms with Crippen LogP contribution in [0, 0.1) is 0 Å². The third-order valence-corrected chi connectivity index (χ3v) is 16.0. The van der Waals surface area contributed by atoms with Crippen LogP contribution in [0.5, 0.6) is 0 Å². The molecule has 11 aromatic rings. The van der Waals surface area contributed by atoms with Crippen LogP contribution in [0.1, 0.15) is 52.7 Å². The maximum absolute atomic E-state index is 6.36. The number of para-hydroxylation sites is 2. The van der Waals surface area contributed by atoms with Gasteiger partial charge in [-0.1, -0.05) is 96.1 Å². The van der Waals surface area contributed by atoms with Crippen molar-refractivity contribution in [2.75, 3.05) is 9.80 Å². The van der Waals surface area contributed by atoms with E-state index in [1.54, 1.807) is 0 Å². The molecule has 2 aliphatic heterocycles. The summed E-state index contributed by atoms with van der Waals surface area (Å²) in [7, 11) is 0. The fourth-order valence-electron chi connectivity index (χ4n) is 10.2. The molecular formula is C58H45BN2O2S2. The molecule has 0 fully saturated rings. The zero-order valence-electron chi connectivity index (χ0n) is 37.2. The van der Waals surface area contributed by atoms with Gasteiger partial charge < -0.3 is 18.6 Å². The lowest BCUT2D eigenvalue weighted by molar-refractivity contribution is 0.591. The molecule has 0 saturated carbocycles. The Balaban J connectivity index is 1.05. The molecule has 0 unspecified atom stereocenters. The maximum atomic E-state index is 6.36. The Morgan fingerprint density at radius 2 is 0.877 bits per heavy atom. The van der Waals surface area contributed by atoms with Gasteiger partial charge in [0.1, 0.15) is 22.7 Å². The van der Waals surface area contributed by atoms with E-state index >= 15 is 0 Å². The topological polar surface area (TPSA) is 32.8 Å². The second-order valence-corrected chi connectivity index (χ2v) is 21.9. The first kappa shape index (κ1) is 38.6. The number of hydrogen-bond acceptors (Lipinski definition) is 6. The first-order valence-corrected chi connectivity index (χ1v) is 24.1. The van der Waals surface area contributed by atoms with Crippen molar-refractivity contribution in [3.05, 3.63) is 175 Å². The molecule has 4 aromatic heterocycles. The number of rotatable bonds is 4. The van der Waals surface area contributed by atoms with Crippen molar-refractivity contribution in [2.24, 2.45) is 0 Å². The van der Waals surface area contributed by atoms with Crippen molar-refractivity contribution in [3.63, 3.8) is 0 Å². The third kappa shape index (κ3) is 5.95. The molecule has 13 rings (SSSR count). The molecule has 7 aromatic carbocycles. The lowest BCUT2D eigenvalue weighted by atomic mass is 9.39. The number of fused-ring (bicyclic) bond motifs is 10. The minimum absolute atomic E-state index is 0.00345. The van der Waals surface area contributed by atoms with E-state index in [1.165, 1.54) is 69.1 Å². The first-order valence-electron chi connectivity index (χ1n) is 22.5. The maximum Gasteiger partial charge on any atom is 0.277 e. The highest BCUT2D eigenvalue weighted by Gasteiger charge is 2.47. The van der Waals surface area contributed by atoms with Crippen LogP contribution in [-0.2, 0) is 10.8 Å². The molecular weight excluding hydrogens is 832 g/mol. The highest BCUT2D eigenvalue weighted by molar-refractivity contribution is 7.40. The highest BCUT2D eigenvalue weighted by atomic mass is 32.1. The average Bonchev–Trinajstić information content (AvgIpc) is 4.11. The molecule has 7 heteroatoms. The summed E-state index contributed by atoms with van der Waals surface area (Å²) < 4.78 is 18.1. The molecule has 0 radical (unpaired) electrons. The lowest BCUT2D eigenvalue weighted by Crippen LogP contribution is -2.59. The summed E-state index contributed by atoms with van der Waals surface area (Å²) in [6.45, 7) is 14.0. The van der Waals surface area contributed by atoms with Gasteiger partial charge in [0, 0.05) is 74.4 Å². The first-order chi connectivity index (χ1) is 31.5. The van der Waals surface area contributed by atoms with Crippen LogP contribution in [0.15, 0.2) is 173 Å². The van der Waals surface area contributed by atoms with Crippen LogP contribution in [0.25, 0.3) is 64.8 Å². The van der Waals surface area contributed by atoms with E-state index in [1.807, 2.05) is 46.9 Å². The highest BCUT2D eigenvalue weighted by Crippen LogP contribution is 2.51. The molecule has 4 nitrogen and oxygen atoms in total. The summed E-state index contributed by atoms with van der Waals surface area (Å²) in [4.78, 5) is 5.11. The van der Waals surface area contributed by atoms with E-state index < -0.39 is 0 Å². The Hall–Kier alpha value is -6.80. The SMILES string of the molecule is CC(C)(C)c1ccc2sc3c(c2c1)N(c1ccc(-c2cc4ccccc4o2)cc1)c1cccc2c1B3c1sc3ccc(C(C)(C)C)cc3c1N2c1ccc(-c2cc3ccccc3o2)cc1. The Morgan fingerprint density at radius 1 is 0.446 bits per heavy atom. The average molecular weight is 877 g/mol. The predicted octanol–water partition coefficient (Wildman–Crippen LogP) is 15.6. The van der Waals surface area contributed by atoms with Gasteiger partial charge in [-0.15, -0.1) is 22.7 Å². The predicted molar refractivity (Wildman–Crippen MR) is 279 cm³/mol. The Morgan fingerprint density at radius 3 is 1.29 bits per heavy atom. The number of furan rings is 2. The standard InChI is InChI=1S/C58H45BN2O2S2/c1-57(2,3)38-22-28-50-42(32-38)53-55(64-50)59-52-44(60(53)40-24-18-34(19-25-40)48-30-36-12-7-9-16-46(36)62-48)14-11-15-45(52)61(54-43-33-39(58(4,5)6)23-29-51(43)65-56(54)59)41-26-20-35(21-27-41)49-31-37-13-8-10-17-47(37)63-49/h7-33H,1-6H3. The van der Waals surface area contributed by atoms with Crippen LogP contribution in [0.4, 0.5) is 34.1 Å². The second kappa shape index (κ2) is 13.9. The van der Waals surface area contributed by atoms with E-state index in [0.29, 0.717) is 0 Å². The Labute approximate surface area is 387 Å². The minimum atomic E-state index is -0.00345. The molecule has 0 aliphatic carbocycles. The van der Waals surface area contributed by atoms with Gasteiger partial charge in [0.15, 0.2) is 0 Å². The smallest absolute Gasteiger partial charge is 0.277 e. The van der Waals surface area contributed by atoms with Crippen molar-refractivity contribution in [1.82, 2.24) is 0 Å². The van der Waals surface area contributed by atoms with Crippen molar-refractivity contribution in [3.8, 4) is 22.6 Å². The van der Waals surface area contributed by atoms with Crippen molar-refractivity contribution >= 4 is 121 Å². The second-order valence-electron chi connectivity index (χ2n) is 19.8. The van der Waals surface area contributed by atoms with Crippen molar-refractivity contribution in [2.45, 2.75) is 52.4 Å². The van der Waals surface area contributed by atoms with E-state index in [4.69, 9.17) is 8.83 Å². The van der Waals surface area contributed by atoms with Gasteiger partial charge in [-0.3, -0.25) is 0 Å². The number of benzene rings is 7. The quantitative estimate of drug-likeness (QED) is 0.165. The number of nitrogens with zero attached hydrogens (tertiary/aromatic N) is 2. The van der Waals surface area contributed by atoms with Gasteiger partial charge in [0.25, 0.3) is 6.71 Å². The molecule has 65 heavy (non-hydrogen) atoms. The summed E-state index contributed by atoms with van der Waals surface area (Å²) in [5.74, 6) is 1.75. The van der Waals surface area contributed by atoms with Gasteiger partial charge in [0.05, 0.1) is 11.4 Å². The van der Waals surface area contributed by atoms with Crippen LogP contribution >= 0.6 is 22.7 Å². The fraction of sp³-hybridized carbons (Fsp3) is 0.138. The van der Waals surface area contributed by atoms with Crippen molar-refractivity contribution in [1.29, 1.82) is 0 Å². The van der Waals surface area contributed by atoms with Gasteiger partial charge in [0.2, 0.25) is 0 Å². The molecule has 2 aliphatic rings. The summed E-state index contributed by atoms with van der Waals surface area (Å²) in [5.41, 5.74) is 15.1. The van der Waals surface area contributed by atoms with Crippen LogP contribution < -0.4 is 24.8 Å². The van der Waals surface area contributed by atoms with E-state index in [-0.39, 0.29) is 17.5 Å². The lowest BCUT2D eigenvalue weighted by Gasteiger charge is -2.42. The Kier molecular flexibility index (Phi) is 8.24. The molecule has 0 atom stereocenters. The number of thiophene rings is 2. The van der Waals surface area contributed by atoms with E-state index in [0.717, 1.165) is 56.0 Å². The molecule has 0 bridgehead atoms. The molecule has 0 amide bonds. The summed E-state index contributed by atoms with van der Waals surface area (Å²) in [6, 6.07) is 60.0. The minimum Gasteiger partial charge on any atom is -0.456 e. The largest absolute Gasteiger partial charge is 0.456 e. The summed E-state index contributed by atoms with van der Waals surface area (Å²) >= 11 is 3.92. The molecule has 0 N–H and O–H groups in total. The third-order valence-electron chi connectivity index (χ3n) is 13.6. The monoisotopic (exact) mass is 876 g/mol. The van der Waals surface area contributed by atoms with Gasteiger partial charge in [-0.25, -0.2) is 0 Å². The van der Waals surface area contributed by atoms with E-state index in [2.05, 4.69) is 191 Å².